The Hall–Kier alpha value is -0.640. The Balaban J connectivity index is 1.77. The van der Waals surface area contributed by atoms with Crippen LogP contribution in [0.3, 0.4) is 0 Å². The van der Waals surface area contributed by atoms with Crippen molar-refractivity contribution in [3.8, 4) is 0 Å². The van der Waals surface area contributed by atoms with Gasteiger partial charge in [0.25, 0.3) is 0 Å². The highest BCUT2D eigenvalue weighted by molar-refractivity contribution is 7.10. The van der Waals surface area contributed by atoms with Gasteiger partial charge in [0.2, 0.25) is 0 Å². The summed E-state index contributed by atoms with van der Waals surface area (Å²) in [5, 5.41) is 8.36. The second kappa shape index (κ2) is 6.21. The van der Waals surface area contributed by atoms with Crippen molar-refractivity contribution in [3.05, 3.63) is 44.3 Å². The molecule has 2 unspecified atom stereocenters. The van der Waals surface area contributed by atoms with Crippen molar-refractivity contribution in [1.29, 1.82) is 0 Å². The van der Waals surface area contributed by atoms with Gasteiger partial charge in [-0.25, -0.2) is 0 Å². The van der Waals surface area contributed by atoms with E-state index in [0.29, 0.717) is 12.1 Å². The Morgan fingerprint density at radius 1 is 1.32 bits per heavy atom. The largest absolute Gasteiger partial charge is 0.302 e. The summed E-state index contributed by atoms with van der Waals surface area (Å²) in [5.74, 6) is 0. The van der Waals surface area contributed by atoms with E-state index < -0.39 is 0 Å². The third kappa shape index (κ3) is 2.93. The average molecular weight is 291 g/mol. The van der Waals surface area contributed by atoms with Crippen molar-refractivity contribution in [2.75, 3.05) is 0 Å². The van der Waals surface area contributed by atoms with E-state index >= 15 is 0 Å². The van der Waals surface area contributed by atoms with E-state index in [1.807, 2.05) is 22.7 Å². The Labute approximate surface area is 123 Å². The third-order valence-electron chi connectivity index (χ3n) is 3.92. The van der Waals surface area contributed by atoms with Crippen LogP contribution in [0.1, 0.15) is 60.0 Å². The van der Waals surface area contributed by atoms with Crippen molar-refractivity contribution in [1.82, 2.24) is 5.32 Å². The summed E-state index contributed by atoms with van der Waals surface area (Å²) in [4.78, 5) is 3.09. The lowest BCUT2D eigenvalue weighted by atomic mass is 9.93. The maximum atomic E-state index is 3.92. The molecule has 1 nitrogen and oxygen atoms in total. The molecule has 0 radical (unpaired) electrons. The fraction of sp³-hybridized carbons (Fsp3) is 0.500. The molecule has 3 rings (SSSR count). The quantitative estimate of drug-likeness (QED) is 0.786. The number of hydrogen-bond acceptors (Lipinski definition) is 3. The highest BCUT2D eigenvalue weighted by Crippen LogP contribution is 2.36. The second-order valence-corrected chi connectivity index (χ2v) is 7.25. The maximum absolute atomic E-state index is 3.92. The van der Waals surface area contributed by atoms with E-state index in [0.717, 1.165) is 0 Å². The summed E-state index contributed by atoms with van der Waals surface area (Å²) in [5.41, 5.74) is 1.56. The average Bonchev–Trinajstić information content (AvgIpc) is 3.10. The monoisotopic (exact) mass is 291 g/mol. The lowest BCUT2D eigenvalue weighted by Gasteiger charge is -2.28. The zero-order chi connectivity index (χ0) is 13.1. The van der Waals surface area contributed by atoms with Gasteiger partial charge in [-0.3, -0.25) is 0 Å². The number of hydrogen-bond donors (Lipinski definition) is 1. The molecule has 2 aromatic heterocycles. The number of thiophene rings is 2. The number of fused-ring (bicyclic) bond motifs is 1. The minimum atomic E-state index is 0.529. The molecule has 0 spiro atoms. The fourth-order valence-electron chi connectivity index (χ4n) is 2.99. The van der Waals surface area contributed by atoms with Crippen molar-refractivity contribution in [3.63, 3.8) is 0 Å². The fourth-order valence-corrected chi connectivity index (χ4v) is 4.80. The summed E-state index contributed by atoms with van der Waals surface area (Å²) in [6, 6.07) is 7.86. The van der Waals surface area contributed by atoms with E-state index in [1.54, 1.807) is 10.4 Å². The Bertz CT molecular complexity index is 501. The predicted octanol–water partition coefficient (Wildman–Crippen LogP) is 5.32. The first-order valence-electron chi connectivity index (χ1n) is 7.24. The van der Waals surface area contributed by atoms with Gasteiger partial charge in [-0.15, -0.1) is 22.7 Å². The SMILES string of the molecule is CCCC(NC1CCCc2sccc21)c1cccs1. The Morgan fingerprint density at radius 2 is 2.26 bits per heavy atom. The van der Waals surface area contributed by atoms with E-state index in [1.165, 1.54) is 37.0 Å². The number of rotatable bonds is 5. The second-order valence-electron chi connectivity index (χ2n) is 5.27. The molecule has 2 heterocycles. The first kappa shape index (κ1) is 13.3. The molecule has 1 aliphatic rings. The predicted molar refractivity (Wildman–Crippen MR) is 85.1 cm³/mol. The van der Waals surface area contributed by atoms with Crippen molar-refractivity contribution >= 4 is 22.7 Å². The van der Waals surface area contributed by atoms with Gasteiger partial charge in [-0.2, -0.15) is 0 Å². The van der Waals surface area contributed by atoms with Crippen LogP contribution in [0.15, 0.2) is 29.0 Å². The van der Waals surface area contributed by atoms with Crippen LogP contribution in [0.4, 0.5) is 0 Å². The molecule has 3 heteroatoms. The normalized spacial score (nSPS) is 20.2. The van der Waals surface area contributed by atoms with Crippen LogP contribution in [0.5, 0.6) is 0 Å². The molecule has 1 N–H and O–H groups in total. The highest BCUT2D eigenvalue weighted by atomic mass is 32.1. The third-order valence-corrected chi connectivity index (χ3v) is 5.90. The van der Waals surface area contributed by atoms with Crippen LogP contribution in [0, 0.1) is 0 Å². The van der Waals surface area contributed by atoms with Gasteiger partial charge in [0.15, 0.2) is 0 Å². The van der Waals surface area contributed by atoms with Crippen LogP contribution in [0.2, 0.25) is 0 Å². The van der Waals surface area contributed by atoms with Crippen molar-refractivity contribution < 1.29 is 0 Å². The van der Waals surface area contributed by atoms with E-state index in [-0.39, 0.29) is 0 Å². The van der Waals surface area contributed by atoms with Crippen LogP contribution in [-0.4, -0.2) is 0 Å². The molecule has 0 amide bonds. The lowest BCUT2D eigenvalue weighted by Crippen LogP contribution is -2.28. The van der Waals surface area contributed by atoms with Crippen LogP contribution in [0.25, 0.3) is 0 Å². The van der Waals surface area contributed by atoms with E-state index in [9.17, 15) is 0 Å². The first-order chi connectivity index (χ1) is 9.38. The van der Waals surface area contributed by atoms with Gasteiger partial charge >= 0.3 is 0 Å². The van der Waals surface area contributed by atoms with Gasteiger partial charge in [0.1, 0.15) is 0 Å². The van der Waals surface area contributed by atoms with Gasteiger partial charge in [0, 0.05) is 21.8 Å². The summed E-state index contributed by atoms with van der Waals surface area (Å²) in [6.45, 7) is 2.28. The smallest absolute Gasteiger partial charge is 0.0419 e. The molecule has 0 bridgehead atoms. The molecule has 1 aliphatic carbocycles. The molecule has 0 saturated carbocycles. The minimum Gasteiger partial charge on any atom is -0.302 e. The molecule has 0 aliphatic heterocycles. The first-order valence-corrected chi connectivity index (χ1v) is 9.00. The molecule has 102 valence electrons. The molecule has 0 saturated heterocycles. The van der Waals surface area contributed by atoms with Crippen LogP contribution in [-0.2, 0) is 6.42 Å². The van der Waals surface area contributed by atoms with E-state index in [2.05, 4.69) is 41.2 Å². The van der Waals surface area contributed by atoms with Crippen molar-refractivity contribution in [2.24, 2.45) is 0 Å². The van der Waals surface area contributed by atoms with Gasteiger partial charge in [-0.05, 0) is 54.1 Å². The zero-order valence-electron chi connectivity index (χ0n) is 11.4. The van der Waals surface area contributed by atoms with Crippen LogP contribution >= 0.6 is 22.7 Å². The minimum absolute atomic E-state index is 0.529. The summed E-state index contributed by atoms with van der Waals surface area (Å²) >= 11 is 3.81. The summed E-state index contributed by atoms with van der Waals surface area (Å²) in [6.07, 6.45) is 6.36. The van der Waals surface area contributed by atoms with Gasteiger partial charge < -0.3 is 5.32 Å². The lowest BCUT2D eigenvalue weighted by molar-refractivity contribution is 0.389. The Kier molecular flexibility index (Phi) is 4.36. The van der Waals surface area contributed by atoms with E-state index in [4.69, 9.17) is 0 Å². The molecule has 2 atom stereocenters. The highest BCUT2D eigenvalue weighted by Gasteiger charge is 2.24. The number of nitrogens with one attached hydrogen (secondary N) is 1. The van der Waals surface area contributed by atoms with Crippen molar-refractivity contribution in [2.45, 2.75) is 51.1 Å². The molecule has 19 heavy (non-hydrogen) atoms. The summed E-state index contributed by atoms with van der Waals surface area (Å²) in [7, 11) is 0. The number of aryl methyl sites for hydroxylation is 1. The maximum Gasteiger partial charge on any atom is 0.0419 e. The van der Waals surface area contributed by atoms with Gasteiger partial charge in [0.05, 0.1) is 0 Å². The molecule has 0 fully saturated rings. The Morgan fingerprint density at radius 3 is 3.05 bits per heavy atom. The molecule has 0 aromatic carbocycles. The zero-order valence-corrected chi connectivity index (χ0v) is 13.0. The summed E-state index contributed by atoms with van der Waals surface area (Å²) < 4.78 is 0. The molecular formula is C16H21NS2. The molecule has 2 aromatic rings. The molecular weight excluding hydrogens is 270 g/mol. The van der Waals surface area contributed by atoms with Gasteiger partial charge in [-0.1, -0.05) is 19.4 Å². The topological polar surface area (TPSA) is 12.0 Å². The standard InChI is InChI=1S/C16H21NS2/c1-2-5-14(16-8-4-10-18-16)17-13-6-3-7-15-12(13)9-11-19-15/h4,8-11,13-14,17H,2-3,5-7H2,1H3. The van der Waals surface area contributed by atoms with Crippen LogP contribution < -0.4 is 5.32 Å².